The molecule has 8 nitrogen and oxygen atoms in total. The second kappa shape index (κ2) is 7.15. The Bertz CT molecular complexity index is 399. The molecule has 0 aliphatic carbocycles. The molecule has 0 aromatic rings. The number of carbonyl (C=O) groups excluding carboxylic acids is 2. The highest BCUT2D eigenvalue weighted by Gasteiger charge is 2.44. The molecule has 8 heteroatoms. The smallest absolute Gasteiger partial charge is 0.243 e. The van der Waals surface area contributed by atoms with Crippen LogP contribution in [0, 0.1) is 0 Å². The Morgan fingerprint density at radius 2 is 1.70 bits per heavy atom. The van der Waals surface area contributed by atoms with Crippen molar-refractivity contribution in [3.8, 4) is 0 Å². The van der Waals surface area contributed by atoms with Crippen molar-refractivity contribution < 1.29 is 29.6 Å². The molecular formula is C12H18N2O6. The van der Waals surface area contributed by atoms with Crippen LogP contribution in [0.25, 0.3) is 0 Å². The molecule has 112 valence electrons. The van der Waals surface area contributed by atoms with E-state index in [0.29, 0.717) is 0 Å². The molecule has 2 amide bonds. The number of amides is 2. The van der Waals surface area contributed by atoms with Crippen LogP contribution in [0.15, 0.2) is 25.3 Å². The van der Waals surface area contributed by atoms with E-state index < -0.39 is 42.5 Å². The number of nitrogens with one attached hydrogen (secondary N) is 2. The molecule has 0 aromatic carbocycles. The van der Waals surface area contributed by atoms with E-state index in [9.17, 15) is 24.9 Å². The molecule has 0 aromatic heterocycles. The topological polar surface area (TPSA) is 128 Å². The first-order chi connectivity index (χ1) is 9.40. The van der Waals surface area contributed by atoms with Gasteiger partial charge in [-0.1, -0.05) is 13.2 Å². The Morgan fingerprint density at radius 3 is 2.25 bits per heavy atom. The van der Waals surface area contributed by atoms with Crippen molar-refractivity contribution in [1.82, 2.24) is 10.6 Å². The third kappa shape index (κ3) is 3.87. The minimum Gasteiger partial charge on any atom is -0.388 e. The van der Waals surface area contributed by atoms with Gasteiger partial charge >= 0.3 is 0 Å². The Labute approximate surface area is 115 Å². The molecule has 0 spiro atoms. The van der Waals surface area contributed by atoms with Crippen molar-refractivity contribution in [2.24, 2.45) is 0 Å². The van der Waals surface area contributed by atoms with Crippen LogP contribution in [0.1, 0.15) is 0 Å². The molecule has 1 rings (SSSR count). The summed E-state index contributed by atoms with van der Waals surface area (Å²) in [5.41, 5.74) is 0. The second-order valence-electron chi connectivity index (χ2n) is 4.23. The van der Waals surface area contributed by atoms with Gasteiger partial charge in [0.1, 0.15) is 18.3 Å². The van der Waals surface area contributed by atoms with Gasteiger partial charge < -0.3 is 30.7 Å². The normalized spacial score (nSPS) is 33.0. The fourth-order valence-electron chi connectivity index (χ4n) is 1.79. The van der Waals surface area contributed by atoms with Gasteiger partial charge in [0.25, 0.3) is 0 Å². The SMILES string of the molecule is C=CC(=O)NC[C@H]1OC(O)[C@H](O)[C@@H](NC(=O)C=C)[C@@H]1O. The molecule has 5 N–H and O–H groups in total. The van der Waals surface area contributed by atoms with Crippen molar-refractivity contribution >= 4 is 11.8 Å². The summed E-state index contributed by atoms with van der Waals surface area (Å²) in [6, 6.07) is -1.14. The Balaban J connectivity index is 2.73. The van der Waals surface area contributed by atoms with Crippen molar-refractivity contribution in [2.45, 2.75) is 30.6 Å². The molecule has 1 saturated heterocycles. The zero-order valence-electron chi connectivity index (χ0n) is 10.7. The summed E-state index contributed by atoms with van der Waals surface area (Å²) >= 11 is 0. The van der Waals surface area contributed by atoms with Crippen molar-refractivity contribution in [3.63, 3.8) is 0 Å². The predicted molar refractivity (Wildman–Crippen MR) is 68.2 cm³/mol. The molecular weight excluding hydrogens is 268 g/mol. The minimum absolute atomic E-state index is 0.115. The molecule has 20 heavy (non-hydrogen) atoms. The summed E-state index contributed by atoms with van der Waals surface area (Å²) in [6.07, 6.45) is -3.40. The summed E-state index contributed by atoms with van der Waals surface area (Å²) in [5, 5.41) is 34.0. The van der Waals surface area contributed by atoms with Crippen LogP contribution in [0.3, 0.4) is 0 Å². The van der Waals surface area contributed by atoms with Crippen molar-refractivity contribution in [1.29, 1.82) is 0 Å². The number of aliphatic hydroxyl groups is 3. The van der Waals surface area contributed by atoms with Crippen LogP contribution in [0.5, 0.6) is 0 Å². The summed E-state index contributed by atoms with van der Waals surface area (Å²) in [7, 11) is 0. The molecule has 1 fully saturated rings. The van der Waals surface area contributed by atoms with Gasteiger partial charge in [-0.2, -0.15) is 0 Å². The maximum Gasteiger partial charge on any atom is 0.243 e. The lowest BCUT2D eigenvalue weighted by atomic mass is 9.95. The second-order valence-corrected chi connectivity index (χ2v) is 4.23. The van der Waals surface area contributed by atoms with Crippen LogP contribution < -0.4 is 10.6 Å². The van der Waals surface area contributed by atoms with E-state index in [-0.39, 0.29) is 6.54 Å². The Morgan fingerprint density at radius 1 is 1.10 bits per heavy atom. The highest BCUT2D eigenvalue weighted by Crippen LogP contribution is 2.19. The maximum atomic E-state index is 11.2. The average molecular weight is 286 g/mol. The first-order valence-corrected chi connectivity index (χ1v) is 5.93. The summed E-state index contributed by atoms with van der Waals surface area (Å²) in [5.74, 6) is -1.09. The van der Waals surface area contributed by atoms with E-state index in [2.05, 4.69) is 23.8 Å². The number of rotatable bonds is 5. The van der Waals surface area contributed by atoms with Gasteiger partial charge in [-0.3, -0.25) is 9.59 Å². The first kappa shape index (κ1) is 16.3. The monoisotopic (exact) mass is 286 g/mol. The number of carbonyl (C=O) groups is 2. The molecule has 5 atom stereocenters. The van der Waals surface area contributed by atoms with Crippen LogP contribution in [-0.2, 0) is 14.3 Å². The first-order valence-electron chi connectivity index (χ1n) is 5.93. The van der Waals surface area contributed by atoms with Crippen LogP contribution in [0.2, 0.25) is 0 Å². The Hall–Kier alpha value is -1.74. The largest absolute Gasteiger partial charge is 0.388 e. The lowest BCUT2D eigenvalue weighted by molar-refractivity contribution is -0.254. The van der Waals surface area contributed by atoms with E-state index in [4.69, 9.17) is 4.74 Å². The molecule has 0 radical (unpaired) electrons. The molecule has 1 aliphatic heterocycles. The minimum atomic E-state index is -1.60. The van der Waals surface area contributed by atoms with E-state index in [1.807, 2.05) is 0 Å². The third-order valence-electron chi connectivity index (χ3n) is 2.88. The number of hydrogen-bond donors (Lipinski definition) is 5. The van der Waals surface area contributed by atoms with Gasteiger partial charge in [-0.25, -0.2) is 0 Å². The number of aliphatic hydroxyl groups excluding tert-OH is 3. The molecule has 0 bridgehead atoms. The van der Waals surface area contributed by atoms with E-state index >= 15 is 0 Å². The molecule has 0 saturated carbocycles. The predicted octanol–water partition coefficient (Wildman–Crippen LogP) is -2.60. The van der Waals surface area contributed by atoms with Crippen LogP contribution >= 0.6 is 0 Å². The summed E-state index contributed by atoms with van der Waals surface area (Å²) in [4.78, 5) is 22.3. The standard InChI is InChI=1S/C12H18N2O6/c1-3-7(15)13-5-6-10(17)9(14-8(16)4-2)11(18)12(19)20-6/h3-4,6,9-12,17-19H,1-2,5H2,(H,13,15)(H,14,16)/t6-,9+,10-,11-,12?/m1/s1. The van der Waals surface area contributed by atoms with Gasteiger partial charge in [0, 0.05) is 6.54 Å². The number of ether oxygens (including phenoxy) is 1. The lowest BCUT2D eigenvalue weighted by Gasteiger charge is -2.41. The molecule has 1 heterocycles. The Kier molecular flexibility index (Phi) is 5.83. The quantitative estimate of drug-likeness (QED) is 0.353. The van der Waals surface area contributed by atoms with Crippen LogP contribution in [0.4, 0.5) is 0 Å². The van der Waals surface area contributed by atoms with Crippen LogP contribution in [-0.4, -0.2) is 64.3 Å². The van der Waals surface area contributed by atoms with Gasteiger partial charge in [0.15, 0.2) is 6.29 Å². The van der Waals surface area contributed by atoms with Gasteiger partial charge in [0.2, 0.25) is 11.8 Å². The molecule has 1 aliphatic rings. The maximum absolute atomic E-state index is 11.2. The van der Waals surface area contributed by atoms with E-state index in [1.165, 1.54) is 0 Å². The molecule has 1 unspecified atom stereocenters. The van der Waals surface area contributed by atoms with Crippen molar-refractivity contribution in [3.05, 3.63) is 25.3 Å². The van der Waals surface area contributed by atoms with Gasteiger partial charge in [-0.15, -0.1) is 0 Å². The fraction of sp³-hybridized carbons (Fsp3) is 0.500. The van der Waals surface area contributed by atoms with Gasteiger partial charge in [0.05, 0.1) is 6.04 Å². The summed E-state index contributed by atoms with van der Waals surface area (Å²) in [6.45, 7) is 6.40. The lowest BCUT2D eigenvalue weighted by Crippen LogP contribution is -2.65. The zero-order valence-corrected chi connectivity index (χ0v) is 10.7. The van der Waals surface area contributed by atoms with Gasteiger partial charge in [-0.05, 0) is 12.2 Å². The van der Waals surface area contributed by atoms with E-state index in [1.54, 1.807) is 0 Å². The summed E-state index contributed by atoms with van der Waals surface area (Å²) < 4.78 is 4.98. The number of hydrogen-bond acceptors (Lipinski definition) is 6. The average Bonchev–Trinajstić information content (AvgIpc) is 2.45. The third-order valence-corrected chi connectivity index (χ3v) is 2.88. The van der Waals surface area contributed by atoms with Crippen molar-refractivity contribution in [2.75, 3.05) is 6.54 Å². The highest BCUT2D eigenvalue weighted by molar-refractivity contribution is 5.87. The van der Waals surface area contributed by atoms with E-state index in [0.717, 1.165) is 12.2 Å². The fourth-order valence-corrected chi connectivity index (χ4v) is 1.79. The zero-order chi connectivity index (χ0) is 15.3. The highest BCUT2D eigenvalue weighted by atomic mass is 16.6.